The number of nitrogen functional groups attached to an aromatic ring is 1. The van der Waals surface area contributed by atoms with E-state index in [4.69, 9.17) is 10.3 Å². The molecular weight excluding hydrogens is 292 g/mol. The number of aryl methyl sites for hydroxylation is 1. The molecule has 1 amide bonds. The van der Waals surface area contributed by atoms with Crippen molar-refractivity contribution in [3.63, 3.8) is 0 Å². The Bertz CT molecular complexity index is 648. The summed E-state index contributed by atoms with van der Waals surface area (Å²) in [7, 11) is 0. The Hall–Kier alpha value is -2.16. The van der Waals surface area contributed by atoms with Gasteiger partial charge in [0.25, 0.3) is 5.91 Å². The van der Waals surface area contributed by atoms with Gasteiger partial charge in [-0.1, -0.05) is 5.16 Å². The van der Waals surface area contributed by atoms with E-state index in [1.807, 2.05) is 0 Å². The van der Waals surface area contributed by atoms with Crippen molar-refractivity contribution in [1.82, 2.24) is 19.8 Å². The van der Waals surface area contributed by atoms with Crippen molar-refractivity contribution in [2.45, 2.75) is 32.2 Å². The minimum absolute atomic E-state index is 0.165. The van der Waals surface area contributed by atoms with Crippen LogP contribution in [0, 0.1) is 6.92 Å². The summed E-state index contributed by atoms with van der Waals surface area (Å²) in [6.07, 6.45) is 2.66. The predicted molar refractivity (Wildman–Crippen MR) is 78.2 cm³/mol. The largest absolute Gasteiger partial charge is 0.382 e. The Labute approximate surface area is 125 Å². The number of rotatable bonds is 6. The Morgan fingerprint density at radius 2 is 2.33 bits per heavy atom. The van der Waals surface area contributed by atoms with Crippen molar-refractivity contribution in [1.29, 1.82) is 0 Å². The number of nitrogens with one attached hydrogen (secondary N) is 2. The summed E-state index contributed by atoms with van der Waals surface area (Å²) in [5.41, 5.74) is 6.21. The Kier molecular flexibility index (Phi) is 3.74. The number of carbonyl (C=O) groups is 1. The van der Waals surface area contributed by atoms with Crippen molar-refractivity contribution < 1.29 is 9.32 Å². The summed E-state index contributed by atoms with van der Waals surface area (Å²) in [6, 6.07) is 0.284. The molecule has 0 radical (unpaired) electrons. The fourth-order valence-electron chi connectivity index (χ4n) is 1.86. The van der Waals surface area contributed by atoms with Crippen LogP contribution in [0.25, 0.3) is 0 Å². The van der Waals surface area contributed by atoms with Gasteiger partial charge in [-0.25, -0.2) is 0 Å². The Balaban J connectivity index is 1.60. The van der Waals surface area contributed by atoms with Crippen molar-refractivity contribution >= 4 is 28.3 Å². The normalized spacial score (nSPS) is 14.1. The molecule has 1 saturated carbocycles. The molecule has 0 unspecified atom stereocenters. The van der Waals surface area contributed by atoms with Crippen LogP contribution in [0.3, 0.4) is 0 Å². The van der Waals surface area contributed by atoms with Crippen LogP contribution < -0.4 is 16.4 Å². The summed E-state index contributed by atoms with van der Waals surface area (Å²) < 4.78 is 8.94. The molecule has 2 aromatic rings. The van der Waals surface area contributed by atoms with Crippen LogP contribution in [0.5, 0.6) is 0 Å². The summed E-state index contributed by atoms with van der Waals surface area (Å²) in [5.74, 6) is 1.26. The zero-order valence-corrected chi connectivity index (χ0v) is 12.4. The van der Waals surface area contributed by atoms with Crippen LogP contribution in [-0.2, 0) is 6.42 Å². The average Bonchev–Trinajstić information content (AvgIpc) is 3.03. The number of aromatic nitrogens is 3. The van der Waals surface area contributed by atoms with Gasteiger partial charge >= 0.3 is 0 Å². The van der Waals surface area contributed by atoms with Gasteiger partial charge in [-0.2, -0.15) is 9.36 Å². The molecule has 0 atom stereocenters. The van der Waals surface area contributed by atoms with Crippen molar-refractivity contribution in [3.8, 4) is 0 Å². The van der Waals surface area contributed by atoms with E-state index < -0.39 is 0 Å². The maximum Gasteiger partial charge on any atom is 0.258 e. The summed E-state index contributed by atoms with van der Waals surface area (Å²) in [6.45, 7) is 2.32. The molecule has 0 aromatic carbocycles. The molecule has 1 aliphatic rings. The van der Waals surface area contributed by atoms with Gasteiger partial charge in [0, 0.05) is 25.9 Å². The second-order valence-electron chi connectivity index (χ2n) is 4.93. The molecule has 2 aromatic heterocycles. The lowest BCUT2D eigenvalue weighted by molar-refractivity contribution is 0.0953. The molecular formula is C12H16N6O2S. The molecule has 0 aliphatic heterocycles. The van der Waals surface area contributed by atoms with Crippen LogP contribution in [-0.4, -0.2) is 33.0 Å². The molecule has 21 heavy (non-hydrogen) atoms. The second kappa shape index (κ2) is 5.68. The van der Waals surface area contributed by atoms with Gasteiger partial charge in [0.05, 0.1) is 0 Å². The van der Waals surface area contributed by atoms with Crippen molar-refractivity contribution in [3.05, 3.63) is 17.3 Å². The molecule has 0 saturated heterocycles. The van der Waals surface area contributed by atoms with E-state index in [9.17, 15) is 4.79 Å². The van der Waals surface area contributed by atoms with Gasteiger partial charge < -0.3 is 20.9 Å². The Morgan fingerprint density at radius 1 is 1.52 bits per heavy atom. The average molecular weight is 308 g/mol. The number of carbonyl (C=O) groups excluding carboxylic acids is 1. The highest BCUT2D eigenvalue weighted by molar-refractivity contribution is 7.11. The monoisotopic (exact) mass is 308 g/mol. The van der Waals surface area contributed by atoms with E-state index in [1.165, 1.54) is 11.5 Å². The first kappa shape index (κ1) is 13.8. The fourth-order valence-corrected chi connectivity index (χ4v) is 2.59. The van der Waals surface area contributed by atoms with Gasteiger partial charge in [0.15, 0.2) is 11.6 Å². The zero-order chi connectivity index (χ0) is 14.8. The highest BCUT2D eigenvalue weighted by atomic mass is 32.1. The summed E-state index contributed by atoms with van der Waals surface area (Å²) in [4.78, 5) is 16.2. The molecule has 2 heterocycles. The highest BCUT2D eigenvalue weighted by Gasteiger charge is 2.27. The summed E-state index contributed by atoms with van der Waals surface area (Å²) >= 11 is 1.18. The van der Waals surface area contributed by atoms with Gasteiger partial charge in [-0.3, -0.25) is 4.79 Å². The number of amides is 1. The Morgan fingerprint density at radius 3 is 3.00 bits per heavy atom. The molecule has 112 valence electrons. The minimum atomic E-state index is -0.165. The topological polar surface area (TPSA) is 119 Å². The number of anilines is 2. The minimum Gasteiger partial charge on any atom is -0.382 e. The number of hydrogen-bond donors (Lipinski definition) is 3. The number of hydrogen-bond acceptors (Lipinski definition) is 8. The molecule has 1 aliphatic carbocycles. The maximum atomic E-state index is 12.1. The zero-order valence-electron chi connectivity index (χ0n) is 11.5. The molecule has 0 bridgehead atoms. The quantitative estimate of drug-likeness (QED) is 0.727. The van der Waals surface area contributed by atoms with Crippen molar-refractivity contribution in [2.24, 2.45) is 0 Å². The molecule has 1 fully saturated rings. The predicted octanol–water partition coefficient (Wildman–Crippen LogP) is 0.964. The number of nitrogens with zero attached hydrogens (tertiary/aromatic N) is 3. The highest BCUT2D eigenvalue weighted by Crippen LogP contribution is 2.28. The SMILES string of the molecule is Cc1nc(CCNc2snc(N)c2C(=O)NC2CC2)no1. The lowest BCUT2D eigenvalue weighted by Gasteiger charge is -2.06. The van der Waals surface area contributed by atoms with E-state index in [0.717, 1.165) is 12.8 Å². The van der Waals surface area contributed by atoms with Crippen molar-refractivity contribution in [2.75, 3.05) is 17.6 Å². The lowest BCUT2D eigenvalue weighted by Crippen LogP contribution is -2.26. The van der Waals surface area contributed by atoms with Gasteiger partial charge in [-0.15, -0.1) is 0 Å². The van der Waals surface area contributed by atoms with Crippen LogP contribution in [0.1, 0.15) is 34.9 Å². The molecule has 9 heteroatoms. The van der Waals surface area contributed by atoms with Crippen LogP contribution in [0.4, 0.5) is 10.8 Å². The molecule has 3 rings (SSSR count). The standard InChI is InChI=1S/C12H16N6O2S/c1-6-15-8(17-20-6)4-5-14-12-9(10(13)18-21-12)11(19)16-7-2-3-7/h7,14H,2-5H2,1H3,(H2,13,18)(H,16,19). The maximum absolute atomic E-state index is 12.1. The third-order valence-corrected chi connectivity index (χ3v) is 3.88. The van der Waals surface area contributed by atoms with Crippen LogP contribution in [0.2, 0.25) is 0 Å². The first-order valence-corrected chi connectivity index (χ1v) is 7.50. The van der Waals surface area contributed by atoms with E-state index in [2.05, 4.69) is 25.1 Å². The smallest absolute Gasteiger partial charge is 0.258 e. The number of nitrogens with two attached hydrogens (primary N) is 1. The van der Waals surface area contributed by atoms with Gasteiger partial charge in [-0.05, 0) is 24.4 Å². The summed E-state index contributed by atoms with van der Waals surface area (Å²) in [5, 5.41) is 10.6. The van der Waals surface area contributed by atoms with Gasteiger partial charge in [0.1, 0.15) is 10.6 Å². The van der Waals surface area contributed by atoms with Crippen LogP contribution >= 0.6 is 11.5 Å². The van der Waals surface area contributed by atoms with E-state index >= 15 is 0 Å². The molecule has 0 spiro atoms. The molecule has 8 nitrogen and oxygen atoms in total. The van der Waals surface area contributed by atoms with E-state index in [-0.39, 0.29) is 17.8 Å². The third kappa shape index (κ3) is 3.30. The van der Waals surface area contributed by atoms with E-state index in [0.29, 0.717) is 35.2 Å². The van der Waals surface area contributed by atoms with Crippen LogP contribution in [0.15, 0.2) is 4.52 Å². The van der Waals surface area contributed by atoms with Gasteiger partial charge in [0.2, 0.25) is 5.89 Å². The second-order valence-corrected chi connectivity index (χ2v) is 5.70. The lowest BCUT2D eigenvalue weighted by atomic mass is 10.3. The van der Waals surface area contributed by atoms with E-state index in [1.54, 1.807) is 6.92 Å². The molecule has 4 N–H and O–H groups in total. The first-order chi connectivity index (χ1) is 10.1. The first-order valence-electron chi connectivity index (χ1n) is 6.72. The third-order valence-electron chi connectivity index (χ3n) is 3.06. The fraction of sp³-hybridized carbons (Fsp3) is 0.500.